The number of hydrogen-bond donors (Lipinski definition) is 1. The molecule has 0 spiro atoms. The molecule has 0 fully saturated rings. The molecule has 1 rings (SSSR count). The Morgan fingerprint density at radius 3 is 2.72 bits per heavy atom. The largest absolute Gasteiger partial charge is 0.493 e. The van der Waals surface area contributed by atoms with Gasteiger partial charge < -0.3 is 14.8 Å². The summed E-state index contributed by atoms with van der Waals surface area (Å²) in [6.45, 7) is 0.760. The first-order valence-electron chi connectivity index (χ1n) is 5.67. The molecule has 1 N–H and O–H groups in total. The van der Waals surface area contributed by atoms with Gasteiger partial charge in [0.2, 0.25) is 0 Å². The molecule has 0 heterocycles. The van der Waals surface area contributed by atoms with Crippen molar-refractivity contribution in [3.8, 4) is 11.5 Å². The van der Waals surface area contributed by atoms with E-state index in [1.807, 2.05) is 19.1 Å². The second-order valence-corrected chi connectivity index (χ2v) is 3.50. The van der Waals surface area contributed by atoms with Crippen molar-refractivity contribution in [2.75, 3.05) is 20.2 Å². The number of benzene rings is 1. The topological polar surface area (TPSA) is 30.5 Å². The van der Waals surface area contributed by atoms with E-state index >= 15 is 0 Å². The van der Waals surface area contributed by atoms with Crippen LogP contribution in [0.25, 0.3) is 6.08 Å². The van der Waals surface area contributed by atoms with Gasteiger partial charge in [-0.2, -0.15) is 8.78 Å². The molecule has 5 heteroatoms. The average Bonchev–Trinajstić information content (AvgIpc) is 2.34. The predicted octanol–water partition coefficient (Wildman–Crippen LogP) is 2.92. The summed E-state index contributed by atoms with van der Waals surface area (Å²) in [5.41, 5.74) is 0.782. The number of likely N-dealkylation sites (N-methyl/N-ethyl adjacent to an activating group) is 1. The Morgan fingerprint density at radius 2 is 2.11 bits per heavy atom. The number of nitrogens with one attached hydrogen (secondary N) is 1. The van der Waals surface area contributed by atoms with E-state index in [1.54, 1.807) is 12.1 Å². The van der Waals surface area contributed by atoms with Crippen molar-refractivity contribution >= 4 is 6.08 Å². The summed E-state index contributed by atoms with van der Waals surface area (Å²) in [6, 6.07) is 4.90. The van der Waals surface area contributed by atoms with Crippen molar-refractivity contribution in [1.29, 1.82) is 0 Å². The van der Waals surface area contributed by atoms with E-state index in [4.69, 9.17) is 4.74 Å². The van der Waals surface area contributed by atoms with Gasteiger partial charge in [0, 0.05) is 6.54 Å². The third kappa shape index (κ3) is 4.71. The lowest BCUT2D eigenvalue weighted by Crippen LogP contribution is -2.11. The maximum absolute atomic E-state index is 12.2. The Morgan fingerprint density at radius 1 is 1.33 bits per heavy atom. The van der Waals surface area contributed by atoms with Crippen LogP contribution in [-0.2, 0) is 0 Å². The zero-order valence-electron chi connectivity index (χ0n) is 10.5. The Balaban J connectivity index is 2.78. The number of alkyl halides is 2. The minimum Gasteiger partial charge on any atom is -0.493 e. The van der Waals surface area contributed by atoms with Crippen molar-refractivity contribution in [3.63, 3.8) is 0 Å². The maximum Gasteiger partial charge on any atom is 0.387 e. The molecule has 0 aromatic heterocycles. The number of ether oxygens (including phenoxy) is 2. The Labute approximate surface area is 105 Å². The summed E-state index contributed by atoms with van der Waals surface area (Å²) in [7, 11) is 1.41. The number of halogens is 2. The molecule has 18 heavy (non-hydrogen) atoms. The van der Waals surface area contributed by atoms with E-state index in [1.165, 1.54) is 13.2 Å². The van der Waals surface area contributed by atoms with Gasteiger partial charge in [-0.3, -0.25) is 0 Å². The van der Waals surface area contributed by atoms with Gasteiger partial charge in [0.15, 0.2) is 11.5 Å². The zero-order chi connectivity index (χ0) is 13.4. The van der Waals surface area contributed by atoms with E-state index in [2.05, 4.69) is 10.1 Å². The SMILES string of the molecule is CCNCC=Cc1ccc(OC)c(OC(F)F)c1. The zero-order valence-corrected chi connectivity index (χ0v) is 10.5. The van der Waals surface area contributed by atoms with Crippen LogP contribution >= 0.6 is 0 Å². The van der Waals surface area contributed by atoms with Crippen LogP contribution in [0.3, 0.4) is 0 Å². The molecule has 0 aliphatic carbocycles. The first-order chi connectivity index (χ1) is 8.67. The molecule has 0 saturated heterocycles. The van der Waals surface area contributed by atoms with Crippen LogP contribution in [0.4, 0.5) is 8.78 Å². The molecule has 0 amide bonds. The monoisotopic (exact) mass is 257 g/mol. The molecular weight excluding hydrogens is 240 g/mol. The fourth-order valence-corrected chi connectivity index (χ4v) is 1.41. The summed E-state index contributed by atoms with van der Waals surface area (Å²) in [4.78, 5) is 0. The molecule has 3 nitrogen and oxygen atoms in total. The lowest BCUT2D eigenvalue weighted by molar-refractivity contribution is -0.0512. The second kappa shape index (κ2) is 7.66. The molecule has 0 saturated carbocycles. The molecule has 0 bridgehead atoms. The fourth-order valence-electron chi connectivity index (χ4n) is 1.41. The van der Waals surface area contributed by atoms with Gasteiger partial charge in [0.1, 0.15) is 0 Å². The van der Waals surface area contributed by atoms with Crippen LogP contribution in [0.1, 0.15) is 12.5 Å². The van der Waals surface area contributed by atoms with Gasteiger partial charge in [-0.25, -0.2) is 0 Å². The van der Waals surface area contributed by atoms with Crippen molar-refractivity contribution in [1.82, 2.24) is 5.32 Å². The van der Waals surface area contributed by atoms with Crippen LogP contribution in [0.2, 0.25) is 0 Å². The average molecular weight is 257 g/mol. The highest BCUT2D eigenvalue weighted by Crippen LogP contribution is 2.29. The van der Waals surface area contributed by atoms with E-state index < -0.39 is 6.61 Å². The number of hydrogen-bond acceptors (Lipinski definition) is 3. The van der Waals surface area contributed by atoms with Crippen LogP contribution in [-0.4, -0.2) is 26.8 Å². The quantitative estimate of drug-likeness (QED) is 0.762. The maximum atomic E-state index is 12.2. The molecule has 0 aliphatic rings. The van der Waals surface area contributed by atoms with Crippen molar-refractivity contribution < 1.29 is 18.3 Å². The standard InChI is InChI=1S/C13H17F2NO2/c1-3-16-8-4-5-10-6-7-11(17-2)12(9-10)18-13(14)15/h4-7,9,13,16H,3,8H2,1-2H3. The van der Waals surface area contributed by atoms with E-state index in [9.17, 15) is 8.78 Å². The first-order valence-corrected chi connectivity index (χ1v) is 5.67. The summed E-state index contributed by atoms with van der Waals surface area (Å²) >= 11 is 0. The number of methoxy groups -OCH3 is 1. The van der Waals surface area contributed by atoms with Gasteiger partial charge in [-0.05, 0) is 24.2 Å². The van der Waals surface area contributed by atoms with Crippen molar-refractivity contribution in [3.05, 3.63) is 29.8 Å². The highest BCUT2D eigenvalue weighted by Gasteiger charge is 2.10. The van der Waals surface area contributed by atoms with Crippen molar-refractivity contribution in [2.24, 2.45) is 0 Å². The molecule has 0 atom stereocenters. The van der Waals surface area contributed by atoms with Gasteiger partial charge in [-0.1, -0.05) is 25.1 Å². The summed E-state index contributed by atoms with van der Waals surface area (Å²) < 4.78 is 33.8. The van der Waals surface area contributed by atoms with E-state index in [-0.39, 0.29) is 5.75 Å². The minimum atomic E-state index is -2.86. The third-order valence-electron chi connectivity index (χ3n) is 2.23. The Hall–Kier alpha value is -1.62. The van der Waals surface area contributed by atoms with Crippen LogP contribution < -0.4 is 14.8 Å². The summed E-state index contributed by atoms with van der Waals surface area (Å²) in [5, 5.41) is 3.13. The normalized spacial score (nSPS) is 11.2. The lowest BCUT2D eigenvalue weighted by atomic mass is 10.2. The van der Waals surface area contributed by atoms with Gasteiger partial charge in [0.25, 0.3) is 0 Å². The molecule has 0 unspecified atom stereocenters. The van der Waals surface area contributed by atoms with Gasteiger partial charge >= 0.3 is 6.61 Å². The molecular formula is C13H17F2NO2. The Kier molecular flexibility index (Phi) is 6.14. The van der Waals surface area contributed by atoms with E-state index in [0.29, 0.717) is 5.75 Å². The second-order valence-electron chi connectivity index (χ2n) is 3.50. The molecule has 0 aliphatic heterocycles. The highest BCUT2D eigenvalue weighted by molar-refractivity contribution is 5.56. The number of rotatable bonds is 7. The van der Waals surface area contributed by atoms with Crippen molar-refractivity contribution in [2.45, 2.75) is 13.5 Å². The van der Waals surface area contributed by atoms with Crippen LogP contribution in [0.15, 0.2) is 24.3 Å². The third-order valence-corrected chi connectivity index (χ3v) is 2.23. The Bertz CT molecular complexity index is 395. The van der Waals surface area contributed by atoms with E-state index in [0.717, 1.165) is 18.7 Å². The molecule has 1 aromatic rings. The summed E-state index contributed by atoms with van der Waals surface area (Å²) in [6.07, 6.45) is 3.75. The minimum absolute atomic E-state index is 0.0399. The van der Waals surface area contributed by atoms with Crippen LogP contribution in [0.5, 0.6) is 11.5 Å². The molecule has 0 radical (unpaired) electrons. The fraction of sp³-hybridized carbons (Fsp3) is 0.385. The van der Waals surface area contributed by atoms with Gasteiger partial charge in [-0.15, -0.1) is 0 Å². The van der Waals surface area contributed by atoms with Gasteiger partial charge in [0.05, 0.1) is 7.11 Å². The highest BCUT2D eigenvalue weighted by atomic mass is 19.3. The molecule has 100 valence electrons. The smallest absolute Gasteiger partial charge is 0.387 e. The first kappa shape index (κ1) is 14.4. The molecule has 1 aromatic carbocycles. The van der Waals surface area contributed by atoms with Crippen LogP contribution in [0, 0.1) is 0 Å². The summed E-state index contributed by atoms with van der Waals surface area (Å²) in [5.74, 6) is 0.331. The predicted molar refractivity (Wildman–Crippen MR) is 67.2 cm³/mol. The lowest BCUT2D eigenvalue weighted by Gasteiger charge is -2.10.